The summed E-state index contributed by atoms with van der Waals surface area (Å²) in [5.74, 6) is 2.73. The van der Waals surface area contributed by atoms with E-state index in [0.29, 0.717) is 0 Å². The molecule has 2 unspecified atom stereocenters. The lowest BCUT2D eigenvalue weighted by Crippen LogP contribution is -2.41. The molecule has 0 fully saturated rings. The van der Waals surface area contributed by atoms with Gasteiger partial charge in [-0.2, -0.15) is 0 Å². The zero-order valence-electron chi connectivity index (χ0n) is 10.6. The summed E-state index contributed by atoms with van der Waals surface area (Å²) in [7, 11) is 0. The third kappa shape index (κ3) is 7.36. The number of carbonyl (C=O) groups is 2. The number of carbonyl (C=O) groups excluding carboxylic acids is 2. The van der Waals surface area contributed by atoms with Gasteiger partial charge in [-0.3, -0.25) is 4.79 Å². The maximum absolute atomic E-state index is 11.5. The largest absolute Gasteiger partial charge is 0.548 e. The number of carboxylic acids is 1. The zero-order chi connectivity index (χ0) is 13.6. The Hall–Kier alpha value is -1.54. The van der Waals surface area contributed by atoms with Crippen molar-refractivity contribution in [3.8, 4) is 11.8 Å². The van der Waals surface area contributed by atoms with E-state index in [2.05, 4.69) is 11.8 Å². The van der Waals surface area contributed by atoms with Crippen molar-refractivity contribution in [1.82, 2.24) is 0 Å². The highest BCUT2D eigenvalue weighted by molar-refractivity contribution is 5.76. The van der Waals surface area contributed by atoms with Crippen LogP contribution >= 0.6 is 0 Å². The van der Waals surface area contributed by atoms with Crippen molar-refractivity contribution in [3.05, 3.63) is 0 Å². The first-order chi connectivity index (χ1) is 7.63. The van der Waals surface area contributed by atoms with Gasteiger partial charge in [-0.25, -0.2) is 0 Å². The van der Waals surface area contributed by atoms with E-state index >= 15 is 0 Å². The minimum Gasteiger partial charge on any atom is -0.548 e. The second-order valence-corrected chi connectivity index (χ2v) is 4.71. The van der Waals surface area contributed by atoms with Gasteiger partial charge < -0.3 is 20.4 Å². The Morgan fingerprint density at radius 1 is 1.41 bits per heavy atom. The Balaban J connectivity index is 4.26. The molecule has 5 heteroatoms. The van der Waals surface area contributed by atoms with Gasteiger partial charge in [0.2, 0.25) is 0 Å². The Kier molecular flexibility index (Phi) is 5.69. The van der Waals surface area contributed by atoms with Crippen molar-refractivity contribution in [3.63, 3.8) is 0 Å². The molecule has 0 aliphatic heterocycles. The van der Waals surface area contributed by atoms with Crippen LogP contribution in [-0.2, 0) is 14.3 Å². The number of nitrogens with two attached hydrogens (primary N) is 1. The van der Waals surface area contributed by atoms with Gasteiger partial charge in [0.1, 0.15) is 11.5 Å². The van der Waals surface area contributed by atoms with Crippen LogP contribution in [0.2, 0.25) is 0 Å². The lowest BCUT2D eigenvalue weighted by molar-refractivity contribution is -0.307. The van der Waals surface area contributed by atoms with Gasteiger partial charge in [0.25, 0.3) is 0 Å². The normalized spacial score (nSPS) is 14.2. The molecule has 0 aliphatic rings. The van der Waals surface area contributed by atoms with Crippen LogP contribution in [0.5, 0.6) is 0 Å². The third-order valence-corrected chi connectivity index (χ3v) is 1.70. The molecule has 0 saturated heterocycles. The standard InChI is InChI=1S/C12H19NO4/c1-8(11(16)17-12(2,3)4)6-5-7-9(13)10(14)15/h8-9H,7,13H2,1-4H3,(H,14,15)/p-1. The summed E-state index contributed by atoms with van der Waals surface area (Å²) < 4.78 is 5.10. The summed E-state index contributed by atoms with van der Waals surface area (Å²) in [5.41, 5.74) is 4.64. The molecule has 0 heterocycles. The fourth-order valence-corrected chi connectivity index (χ4v) is 0.854. The molecule has 2 atom stereocenters. The monoisotopic (exact) mass is 240 g/mol. The minimum absolute atomic E-state index is 0.0462. The topological polar surface area (TPSA) is 92.5 Å². The quantitative estimate of drug-likeness (QED) is 0.527. The molecule has 0 rings (SSSR count). The van der Waals surface area contributed by atoms with Gasteiger partial charge in [0.15, 0.2) is 0 Å². The molecule has 0 aromatic rings. The van der Waals surface area contributed by atoms with E-state index in [1.165, 1.54) is 0 Å². The van der Waals surface area contributed by atoms with E-state index in [9.17, 15) is 14.7 Å². The first-order valence-electron chi connectivity index (χ1n) is 5.31. The SMILES string of the molecule is CC(C#CCC(N)C(=O)[O-])C(=O)OC(C)(C)C. The Labute approximate surface area is 101 Å². The maximum atomic E-state index is 11.5. The van der Waals surface area contributed by atoms with E-state index in [-0.39, 0.29) is 6.42 Å². The van der Waals surface area contributed by atoms with Gasteiger partial charge in [-0.1, -0.05) is 5.92 Å². The van der Waals surface area contributed by atoms with Crippen LogP contribution in [0.4, 0.5) is 0 Å². The molecule has 0 aliphatic carbocycles. The molecule has 0 amide bonds. The van der Waals surface area contributed by atoms with Crippen LogP contribution in [0, 0.1) is 17.8 Å². The molecule has 0 aromatic heterocycles. The van der Waals surface area contributed by atoms with E-state index in [0.717, 1.165) is 0 Å². The average molecular weight is 240 g/mol. The summed E-state index contributed by atoms with van der Waals surface area (Å²) in [6.45, 7) is 6.87. The Bertz CT molecular complexity index is 346. The van der Waals surface area contributed by atoms with Crippen LogP contribution in [0.15, 0.2) is 0 Å². The van der Waals surface area contributed by atoms with E-state index in [1.807, 2.05) is 0 Å². The van der Waals surface area contributed by atoms with Gasteiger partial charge in [-0.15, -0.1) is 5.92 Å². The predicted octanol–water partition coefficient (Wildman–Crippen LogP) is -0.565. The Morgan fingerprint density at radius 3 is 2.35 bits per heavy atom. The molecule has 0 radical (unpaired) electrons. The number of carboxylic acid groups (broad SMARTS) is 1. The highest BCUT2D eigenvalue weighted by Gasteiger charge is 2.20. The molecule has 96 valence electrons. The van der Waals surface area contributed by atoms with Crippen molar-refractivity contribution >= 4 is 11.9 Å². The highest BCUT2D eigenvalue weighted by Crippen LogP contribution is 2.10. The summed E-state index contributed by atoms with van der Waals surface area (Å²) in [5, 5.41) is 10.3. The number of rotatable bonds is 3. The minimum atomic E-state index is -1.36. The molecule has 0 spiro atoms. The second kappa shape index (κ2) is 6.26. The molecule has 2 N–H and O–H groups in total. The van der Waals surface area contributed by atoms with E-state index < -0.39 is 29.5 Å². The fourth-order valence-electron chi connectivity index (χ4n) is 0.854. The maximum Gasteiger partial charge on any atom is 0.321 e. The third-order valence-electron chi connectivity index (χ3n) is 1.70. The summed E-state index contributed by atoms with van der Waals surface area (Å²) in [6, 6.07) is -1.13. The highest BCUT2D eigenvalue weighted by atomic mass is 16.6. The number of esters is 1. The molecule has 17 heavy (non-hydrogen) atoms. The molecular formula is C12H18NO4-. The van der Waals surface area contributed by atoms with Crippen LogP contribution in [0.1, 0.15) is 34.1 Å². The van der Waals surface area contributed by atoms with E-state index in [1.54, 1.807) is 27.7 Å². The van der Waals surface area contributed by atoms with Crippen molar-refractivity contribution in [2.75, 3.05) is 0 Å². The van der Waals surface area contributed by atoms with Crippen LogP contribution in [0.25, 0.3) is 0 Å². The van der Waals surface area contributed by atoms with Crippen molar-refractivity contribution in [2.45, 2.75) is 45.8 Å². The second-order valence-electron chi connectivity index (χ2n) is 4.71. The van der Waals surface area contributed by atoms with Crippen LogP contribution in [-0.4, -0.2) is 23.6 Å². The Morgan fingerprint density at radius 2 is 1.94 bits per heavy atom. The first kappa shape index (κ1) is 15.5. The lowest BCUT2D eigenvalue weighted by Gasteiger charge is -2.20. The van der Waals surface area contributed by atoms with Crippen molar-refractivity contribution in [2.24, 2.45) is 11.7 Å². The number of ether oxygens (including phenoxy) is 1. The van der Waals surface area contributed by atoms with Gasteiger partial charge in [0.05, 0.1) is 12.0 Å². The summed E-state index contributed by atoms with van der Waals surface area (Å²) in [4.78, 5) is 21.8. The zero-order valence-corrected chi connectivity index (χ0v) is 10.6. The number of hydrogen-bond donors (Lipinski definition) is 1. The van der Waals surface area contributed by atoms with Crippen LogP contribution < -0.4 is 10.8 Å². The number of hydrogen-bond acceptors (Lipinski definition) is 5. The van der Waals surface area contributed by atoms with Gasteiger partial charge in [0, 0.05) is 6.42 Å². The van der Waals surface area contributed by atoms with E-state index in [4.69, 9.17) is 10.5 Å². The number of aliphatic carboxylic acids is 1. The smallest absolute Gasteiger partial charge is 0.321 e. The predicted molar refractivity (Wildman–Crippen MR) is 60.4 cm³/mol. The van der Waals surface area contributed by atoms with Crippen molar-refractivity contribution < 1.29 is 19.4 Å². The molecular weight excluding hydrogens is 222 g/mol. The van der Waals surface area contributed by atoms with Crippen molar-refractivity contribution in [1.29, 1.82) is 0 Å². The first-order valence-corrected chi connectivity index (χ1v) is 5.31. The van der Waals surface area contributed by atoms with Gasteiger partial charge in [-0.05, 0) is 27.7 Å². The molecule has 5 nitrogen and oxygen atoms in total. The molecule has 0 saturated carbocycles. The lowest BCUT2D eigenvalue weighted by atomic mass is 10.1. The fraction of sp³-hybridized carbons (Fsp3) is 0.667. The van der Waals surface area contributed by atoms with Gasteiger partial charge >= 0.3 is 5.97 Å². The average Bonchev–Trinajstić information content (AvgIpc) is 2.14. The molecule has 0 aromatic carbocycles. The summed E-state index contributed by atoms with van der Waals surface area (Å²) in [6.07, 6.45) is -0.0462. The summed E-state index contributed by atoms with van der Waals surface area (Å²) >= 11 is 0. The molecule has 0 bridgehead atoms. The van der Waals surface area contributed by atoms with Crippen LogP contribution in [0.3, 0.4) is 0 Å².